The molecule has 0 saturated heterocycles. The molecule has 0 bridgehead atoms. The molecule has 0 fully saturated rings. The average molecular weight is 627 g/mol. The molecule has 0 heterocycles. The van der Waals surface area contributed by atoms with Crippen molar-refractivity contribution in [3.8, 4) is 5.75 Å². The van der Waals surface area contributed by atoms with E-state index in [4.69, 9.17) is 39.5 Å². The van der Waals surface area contributed by atoms with Gasteiger partial charge in [-0.1, -0.05) is 100 Å². The summed E-state index contributed by atoms with van der Waals surface area (Å²) in [5.74, 6) is -0.294. The predicted molar refractivity (Wildman–Crippen MR) is 154 cm³/mol. The zero-order valence-electron chi connectivity index (χ0n) is 20.4. The van der Waals surface area contributed by atoms with Gasteiger partial charge in [-0.3, -0.25) is 9.59 Å². The van der Waals surface area contributed by atoms with E-state index in [1.54, 1.807) is 36.4 Å². The number of hydrogen-bond donors (Lipinski definition) is 1. The van der Waals surface area contributed by atoms with Crippen molar-refractivity contribution < 1.29 is 14.3 Å². The van der Waals surface area contributed by atoms with E-state index in [-0.39, 0.29) is 19.1 Å². The third-order valence-electron chi connectivity index (χ3n) is 5.74. The first-order chi connectivity index (χ1) is 17.8. The van der Waals surface area contributed by atoms with Crippen LogP contribution in [0.1, 0.15) is 30.9 Å². The molecule has 0 aliphatic rings. The lowest BCUT2D eigenvalue weighted by Gasteiger charge is -2.32. The van der Waals surface area contributed by atoms with Gasteiger partial charge in [-0.05, 0) is 42.3 Å². The molecule has 1 atom stereocenters. The maximum absolute atomic E-state index is 13.7. The van der Waals surface area contributed by atoms with E-state index in [2.05, 4.69) is 21.2 Å². The molecule has 0 saturated carbocycles. The number of nitrogens with one attached hydrogen (secondary N) is 1. The molecular weight excluding hydrogens is 599 g/mol. The van der Waals surface area contributed by atoms with E-state index in [1.165, 1.54) is 4.90 Å². The lowest BCUT2D eigenvalue weighted by Crippen LogP contribution is -2.52. The number of hydrogen-bond acceptors (Lipinski definition) is 3. The van der Waals surface area contributed by atoms with Gasteiger partial charge in [0.1, 0.15) is 11.8 Å². The van der Waals surface area contributed by atoms with Gasteiger partial charge in [0.25, 0.3) is 5.91 Å². The highest BCUT2D eigenvalue weighted by molar-refractivity contribution is 9.10. The lowest BCUT2D eigenvalue weighted by atomic mass is 10.0. The topological polar surface area (TPSA) is 58.6 Å². The van der Waals surface area contributed by atoms with Crippen molar-refractivity contribution in [1.82, 2.24) is 10.2 Å². The Balaban J connectivity index is 1.94. The maximum atomic E-state index is 13.7. The number of halogens is 4. The molecule has 196 valence electrons. The van der Waals surface area contributed by atoms with Gasteiger partial charge >= 0.3 is 0 Å². The number of rotatable bonds is 12. The smallest absolute Gasteiger partial charge is 0.261 e. The van der Waals surface area contributed by atoms with Gasteiger partial charge in [0.05, 0.1) is 5.02 Å². The lowest BCUT2D eigenvalue weighted by molar-refractivity contribution is -0.142. The molecule has 0 aliphatic carbocycles. The predicted octanol–water partition coefficient (Wildman–Crippen LogP) is 7.34. The molecule has 5 nitrogen and oxygen atoms in total. The first kappa shape index (κ1) is 29.3. The number of unbranched alkanes of at least 4 members (excludes halogenated alkanes) is 1. The van der Waals surface area contributed by atoms with Crippen LogP contribution < -0.4 is 10.1 Å². The zero-order valence-corrected chi connectivity index (χ0v) is 24.2. The zero-order chi connectivity index (χ0) is 26.8. The van der Waals surface area contributed by atoms with Gasteiger partial charge in [-0.2, -0.15) is 0 Å². The van der Waals surface area contributed by atoms with Crippen molar-refractivity contribution in [2.75, 3.05) is 13.2 Å². The van der Waals surface area contributed by atoms with Crippen LogP contribution in [0.2, 0.25) is 15.1 Å². The number of benzene rings is 3. The molecule has 9 heteroatoms. The Morgan fingerprint density at radius 1 is 0.973 bits per heavy atom. The third-order valence-corrected chi connectivity index (χ3v) is 7.23. The SMILES string of the molecule is CCCCNC(=O)[C@@H](Cc1ccccc1)N(Cc1c(Cl)cccc1Cl)C(=O)COc1ccc(Br)cc1Cl. The summed E-state index contributed by atoms with van der Waals surface area (Å²) in [5.41, 5.74) is 1.47. The van der Waals surface area contributed by atoms with E-state index < -0.39 is 11.9 Å². The standard InChI is InChI=1S/C28H28BrCl3N2O3/c1-2-3-14-33-28(36)25(15-19-8-5-4-6-9-19)34(17-21-22(30)10-7-11-23(21)31)27(35)18-37-26-13-12-20(29)16-24(26)32/h4-13,16,25H,2-3,14-15,17-18H2,1H3,(H,33,36)/t25-/m1/s1. The normalized spacial score (nSPS) is 11.6. The Hall–Kier alpha value is -2.25. The fraction of sp³-hybridized carbons (Fsp3) is 0.286. The summed E-state index contributed by atoms with van der Waals surface area (Å²) in [4.78, 5) is 28.6. The van der Waals surface area contributed by atoms with Crippen molar-refractivity contribution in [3.05, 3.63) is 97.4 Å². The minimum Gasteiger partial charge on any atom is -0.482 e. The number of amides is 2. The van der Waals surface area contributed by atoms with Gasteiger partial charge < -0.3 is 15.0 Å². The molecule has 0 spiro atoms. The van der Waals surface area contributed by atoms with E-state index in [9.17, 15) is 9.59 Å². The van der Waals surface area contributed by atoms with Crippen molar-refractivity contribution in [2.45, 2.75) is 38.8 Å². The molecule has 0 unspecified atom stereocenters. The summed E-state index contributed by atoms with van der Waals surface area (Å²) in [5, 5.41) is 4.16. The van der Waals surface area contributed by atoms with Crippen molar-refractivity contribution in [2.24, 2.45) is 0 Å². The number of carbonyl (C=O) groups is 2. The van der Waals surface area contributed by atoms with E-state index in [0.717, 1.165) is 22.9 Å². The maximum Gasteiger partial charge on any atom is 0.261 e. The van der Waals surface area contributed by atoms with Gasteiger partial charge in [0, 0.05) is 39.6 Å². The summed E-state index contributed by atoms with van der Waals surface area (Å²) in [7, 11) is 0. The minimum absolute atomic E-state index is 0.0352. The largest absolute Gasteiger partial charge is 0.482 e. The van der Waals surface area contributed by atoms with E-state index in [1.807, 2.05) is 37.3 Å². The summed E-state index contributed by atoms with van der Waals surface area (Å²) in [6.45, 7) is 2.28. The van der Waals surface area contributed by atoms with Crippen LogP contribution in [0, 0.1) is 0 Å². The quantitative estimate of drug-likeness (QED) is 0.214. The Morgan fingerprint density at radius 3 is 2.32 bits per heavy atom. The van der Waals surface area contributed by atoms with Crippen molar-refractivity contribution in [3.63, 3.8) is 0 Å². The molecule has 0 aromatic heterocycles. The van der Waals surface area contributed by atoms with Crippen LogP contribution in [0.4, 0.5) is 0 Å². The molecule has 0 aliphatic heterocycles. The molecule has 3 aromatic rings. The summed E-state index contributed by atoms with van der Waals surface area (Å²) in [6, 6.07) is 19.0. The number of nitrogens with zero attached hydrogens (tertiary/aromatic N) is 1. The summed E-state index contributed by atoms with van der Waals surface area (Å²) >= 11 is 22.5. The monoisotopic (exact) mass is 624 g/mol. The average Bonchev–Trinajstić information content (AvgIpc) is 2.87. The number of ether oxygens (including phenoxy) is 1. The highest BCUT2D eigenvalue weighted by Gasteiger charge is 2.31. The second-order valence-corrected chi connectivity index (χ2v) is 10.6. The van der Waals surface area contributed by atoms with Crippen LogP contribution >= 0.6 is 50.7 Å². The van der Waals surface area contributed by atoms with E-state index in [0.29, 0.717) is 39.3 Å². The summed E-state index contributed by atoms with van der Waals surface area (Å²) < 4.78 is 6.56. The van der Waals surface area contributed by atoms with Gasteiger partial charge in [-0.15, -0.1) is 0 Å². The van der Waals surface area contributed by atoms with Gasteiger partial charge in [-0.25, -0.2) is 0 Å². The van der Waals surface area contributed by atoms with Crippen LogP contribution in [0.3, 0.4) is 0 Å². The first-order valence-corrected chi connectivity index (χ1v) is 13.8. The third kappa shape index (κ3) is 8.64. The number of carbonyl (C=O) groups excluding carboxylic acids is 2. The molecule has 3 rings (SSSR count). The van der Waals surface area contributed by atoms with Gasteiger partial charge in [0.2, 0.25) is 5.91 Å². The Kier molecular flexibility index (Phi) is 11.6. The minimum atomic E-state index is -0.817. The van der Waals surface area contributed by atoms with Crippen LogP contribution in [0.5, 0.6) is 5.75 Å². The van der Waals surface area contributed by atoms with Crippen molar-refractivity contribution >= 4 is 62.5 Å². The molecule has 1 N–H and O–H groups in total. The molecule has 37 heavy (non-hydrogen) atoms. The second-order valence-electron chi connectivity index (χ2n) is 8.44. The van der Waals surface area contributed by atoms with Crippen LogP contribution in [-0.4, -0.2) is 35.9 Å². The fourth-order valence-corrected chi connectivity index (χ4v) is 4.97. The highest BCUT2D eigenvalue weighted by Crippen LogP contribution is 2.29. The van der Waals surface area contributed by atoms with Crippen LogP contribution in [-0.2, 0) is 22.6 Å². The van der Waals surface area contributed by atoms with Crippen LogP contribution in [0.25, 0.3) is 0 Å². The fourth-order valence-electron chi connectivity index (χ4n) is 3.73. The Labute approximate surface area is 241 Å². The molecule has 0 radical (unpaired) electrons. The Bertz CT molecular complexity index is 1190. The first-order valence-electron chi connectivity index (χ1n) is 11.9. The van der Waals surface area contributed by atoms with Gasteiger partial charge in [0.15, 0.2) is 6.61 Å². The molecular formula is C28H28BrCl3N2O3. The highest BCUT2D eigenvalue weighted by atomic mass is 79.9. The van der Waals surface area contributed by atoms with E-state index >= 15 is 0 Å². The van der Waals surface area contributed by atoms with Crippen molar-refractivity contribution in [1.29, 1.82) is 0 Å². The molecule has 3 aromatic carbocycles. The Morgan fingerprint density at radius 2 is 1.68 bits per heavy atom. The second kappa shape index (κ2) is 14.6. The summed E-state index contributed by atoms with van der Waals surface area (Å²) in [6.07, 6.45) is 2.08. The molecule has 2 amide bonds. The van der Waals surface area contributed by atoms with Crippen LogP contribution in [0.15, 0.2) is 71.2 Å².